The van der Waals surface area contributed by atoms with Gasteiger partial charge in [-0.3, -0.25) is 0 Å². The largest absolute Gasteiger partial charge is 0.478 e. The minimum Gasteiger partial charge on any atom is -0.478 e. The number of hydrogen-bond acceptors (Lipinski definition) is 3. The molecule has 0 amide bonds. The van der Waals surface area contributed by atoms with Crippen LogP contribution in [0.5, 0.6) is 0 Å². The summed E-state index contributed by atoms with van der Waals surface area (Å²) in [6, 6.07) is 3.44. The molecule has 0 aliphatic rings. The van der Waals surface area contributed by atoms with E-state index in [-0.39, 0.29) is 10.9 Å². The van der Waals surface area contributed by atoms with E-state index in [9.17, 15) is 19.4 Å². The Balaban J connectivity index is 3.24. The molecule has 0 bridgehead atoms. The third-order valence-electron chi connectivity index (χ3n) is 2.10. The average Bonchev–Trinajstić information content (AvgIpc) is 2.26. The zero-order valence-electron chi connectivity index (χ0n) is 8.10. The van der Waals surface area contributed by atoms with Crippen molar-refractivity contribution in [3.8, 4) is 0 Å². The SMILES string of the molecule is O=C(O)c1cccc(F)c1C(O)C(O)CBr. The zero-order chi connectivity index (χ0) is 12.3. The molecular formula is C10H10BrFO4. The van der Waals surface area contributed by atoms with Crippen molar-refractivity contribution < 1.29 is 24.5 Å². The summed E-state index contributed by atoms with van der Waals surface area (Å²) in [5.41, 5.74) is -0.755. The van der Waals surface area contributed by atoms with Crippen molar-refractivity contribution in [2.75, 3.05) is 5.33 Å². The van der Waals surface area contributed by atoms with Crippen molar-refractivity contribution >= 4 is 21.9 Å². The van der Waals surface area contributed by atoms with E-state index in [1.807, 2.05) is 0 Å². The Labute approximate surface area is 99.5 Å². The van der Waals surface area contributed by atoms with Crippen LogP contribution in [0.2, 0.25) is 0 Å². The fraction of sp³-hybridized carbons (Fsp3) is 0.300. The van der Waals surface area contributed by atoms with Crippen molar-refractivity contribution in [2.45, 2.75) is 12.2 Å². The lowest BCUT2D eigenvalue weighted by atomic mass is 9.98. The molecule has 0 saturated carbocycles. The maximum Gasteiger partial charge on any atom is 0.336 e. The van der Waals surface area contributed by atoms with Gasteiger partial charge in [0.25, 0.3) is 0 Å². The average molecular weight is 293 g/mol. The number of halogens is 2. The molecule has 0 radical (unpaired) electrons. The third kappa shape index (κ3) is 2.58. The molecule has 3 N–H and O–H groups in total. The Hall–Kier alpha value is -0.980. The van der Waals surface area contributed by atoms with E-state index in [0.29, 0.717) is 0 Å². The summed E-state index contributed by atoms with van der Waals surface area (Å²) in [6.07, 6.45) is -2.85. The lowest BCUT2D eigenvalue weighted by Crippen LogP contribution is -2.23. The van der Waals surface area contributed by atoms with Gasteiger partial charge in [0.2, 0.25) is 0 Å². The summed E-state index contributed by atoms with van der Waals surface area (Å²) in [6.45, 7) is 0. The second-order valence-electron chi connectivity index (χ2n) is 3.17. The van der Waals surface area contributed by atoms with Crippen LogP contribution in [-0.4, -0.2) is 32.7 Å². The minimum absolute atomic E-state index is 0.0154. The molecule has 0 spiro atoms. The number of rotatable bonds is 4. The van der Waals surface area contributed by atoms with Gasteiger partial charge in [-0.1, -0.05) is 22.0 Å². The predicted octanol–water partition coefficient (Wildman–Crippen LogP) is 1.31. The molecule has 1 aromatic carbocycles. The molecular weight excluding hydrogens is 283 g/mol. The normalized spacial score (nSPS) is 14.5. The first-order chi connectivity index (χ1) is 7.49. The highest BCUT2D eigenvalue weighted by atomic mass is 79.9. The standard InChI is InChI=1S/C10H10BrFO4/c11-4-7(13)9(14)8-5(10(15)16)2-1-3-6(8)12/h1-3,7,9,13-14H,4H2,(H,15,16). The van der Waals surface area contributed by atoms with E-state index in [1.165, 1.54) is 12.1 Å². The lowest BCUT2D eigenvalue weighted by Gasteiger charge is -2.18. The van der Waals surface area contributed by atoms with Crippen LogP contribution >= 0.6 is 15.9 Å². The highest BCUT2D eigenvalue weighted by molar-refractivity contribution is 9.09. The maximum atomic E-state index is 13.4. The summed E-state index contributed by atoms with van der Waals surface area (Å²) in [5.74, 6) is -2.21. The summed E-state index contributed by atoms with van der Waals surface area (Å²) in [7, 11) is 0. The first kappa shape index (κ1) is 13.1. The molecule has 4 nitrogen and oxygen atoms in total. The summed E-state index contributed by atoms with van der Waals surface area (Å²) in [5, 5.41) is 27.8. The van der Waals surface area contributed by atoms with E-state index in [1.54, 1.807) is 0 Å². The van der Waals surface area contributed by atoms with Gasteiger partial charge in [0.15, 0.2) is 0 Å². The van der Waals surface area contributed by atoms with E-state index in [2.05, 4.69) is 15.9 Å². The second-order valence-corrected chi connectivity index (χ2v) is 3.82. The Morgan fingerprint density at radius 3 is 2.56 bits per heavy atom. The van der Waals surface area contributed by atoms with Gasteiger partial charge < -0.3 is 15.3 Å². The number of aliphatic hydroxyl groups is 2. The van der Waals surface area contributed by atoms with Crippen LogP contribution < -0.4 is 0 Å². The van der Waals surface area contributed by atoms with Gasteiger partial charge in [0, 0.05) is 10.9 Å². The van der Waals surface area contributed by atoms with Crippen molar-refractivity contribution in [3.63, 3.8) is 0 Å². The molecule has 16 heavy (non-hydrogen) atoms. The Kier molecular flexibility index (Phi) is 4.40. The molecule has 0 saturated heterocycles. The van der Waals surface area contributed by atoms with Crippen molar-refractivity contribution in [1.82, 2.24) is 0 Å². The first-order valence-corrected chi connectivity index (χ1v) is 5.55. The van der Waals surface area contributed by atoms with Crippen molar-refractivity contribution in [1.29, 1.82) is 0 Å². The topological polar surface area (TPSA) is 77.8 Å². The zero-order valence-corrected chi connectivity index (χ0v) is 9.69. The molecule has 2 atom stereocenters. The minimum atomic E-state index is -1.58. The fourth-order valence-electron chi connectivity index (χ4n) is 1.30. The summed E-state index contributed by atoms with van der Waals surface area (Å²) < 4.78 is 13.4. The number of aromatic carboxylic acids is 1. The predicted molar refractivity (Wildman–Crippen MR) is 58.1 cm³/mol. The number of hydrogen-bond donors (Lipinski definition) is 3. The van der Waals surface area contributed by atoms with E-state index in [4.69, 9.17) is 5.11 Å². The molecule has 1 aromatic rings. The van der Waals surface area contributed by atoms with E-state index >= 15 is 0 Å². The number of aliphatic hydroxyl groups excluding tert-OH is 2. The molecule has 0 aliphatic carbocycles. The van der Waals surface area contributed by atoms with Gasteiger partial charge in [0.05, 0.1) is 11.7 Å². The molecule has 6 heteroatoms. The lowest BCUT2D eigenvalue weighted by molar-refractivity contribution is 0.0304. The highest BCUT2D eigenvalue weighted by Crippen LogP contribution is 2.25. The molecule has 1 rings (SSSR count). The second kappa shape index (κ2) is 5.38. The Morgan fingerprint density at radius 2 is 2.06 bits per heavy atom. The smallest absolute Gasteiger partial charge is 0.336 e. The van der Waals surface area contributed by atoms with Crippen LogP contribution in [0.1, 0.15) is 22.0 Å². The van der Waals surface area contributed by atoms with Crippen molar-refractivity contribution in [2.24, 2.45) is 0 Å². The van der Waals surface area contributed by atoms with Crippen LogP contribution in [0.15, 0.2) is 18.2 Å². The third-order valence-corrected chi connectivity index (χ3v) is 2.77. The molecule has 0 heterocycles. The maximum absolute atomic E-state index is 13.4. The summed E-state index contributed by atoms with van der Waals surface area (Å²) >= 11 is 2.92. The highest BCUT2D eigenvalue weighted by Gasteiger charge is 2.26. The number of carbonyl (C=O) groups is 1. The van der Waals surface area contributed by atoms with Crippen LogP contribution in [-0.2, 0) is 0 Å². The monoisotopic (exact) mass is 292 g/mol. The van der Waals surface area contributed by atoms with E-state index in [0.717, 1.165) is 6.07 Å². The quantitative estimate of drug-likeness (QED) is 0.732. The molecule has 0 aromatic heterocycles. The Bertz CT molecular complexity index is 396. The van der Waals surface area contributed by atoms with Crippen LogP contribution in [0.25, 0.3) is 0 Å². The van der Waals surface area contributed by atoms with Crippen LogP contribution in [0, 0.1) is 5.82 Å². The van der Waals surface area contributed by atoms with Crippen LogP contribution in [0.3, 0.4) is 0 Å². The van der Waals surface area contributed by atoms with Gasteiger partial charge >= 0.3 is 5.97 Å². The number of benzene rings is 1. The molecule has 0 fully saturated rings. The van der Waals surface area contributed by atoms with Gasteiger partial charge in [0.1, 0.15) is 11.9 Å². The number of alkyl halides is 1. The number of carboxylic acid groups (broad SMARTS) is 1. The van der Waals surface area contributed by atoms with Crippen molar-refractivity contribution in [3.05, 3.63) is 35.1 Å². The van der Waals surface area contributed by atoms with Gasteiger partial charge in [-0.2, -0.15) is 0 Å². The summed E-state index contributed by atoms with van der Waals surface area (Å²) in [4.78, 5) is 10.8. The van der Waals surface area contributed by atoms with Crippen LogP contribution in [0.4, 0.5) is 4.39 Å². The fourth-order valence-corrected chi connectivity index (χ4v) is 1.65. The van der Waals surface area contributed by atoms with Gasteiger partial charge in [-0.25, -0.2) is 9.18 Å². The van der Waals surface area contributed by atoms with Gasteiger partial charge in [-0.15, -0.1) is 0 Å². The number of carboxylic acids is 1. The first-order valence-electron chi connectivity index (χ1n) is 4.42. The molecule has 88 valence electrons. The molecule has 0 aliphatic heterocycles. The van der Waals surface area contributed by atoms with Gasteiger partial charge in [-0.05, 0) is 12.1 Å². The molecule has 2 unspecified atom stereocenters. The van der Waals surface area contributed by atoms with E-state index < -0.39 is 29.6 Å². The Morgan fingerprint density at radius 1 is 1.44 bits per heavy atom.